The molecule has 0 saturated heterocycles. The molecule has 0 nitrogen and oxygen atoms in total. The lowest BCUT2D eigenvalue weighted by Gasteiger charge is -2.14. The van der Waals surface area contributed by atoms with Gasteiger partial charge in [0.25, 0.3) is 0 Å². The second-order valence-corrected chi connectivity index (χ2v) is 5.62. The smallest absolute Gasteiger partial charge is 0.0435 e. The largest absolute Gasteiger partial charge is 0.0841 e. The fourth-order valence-corrected chi connectivity index (χ4v) is 2.35. The van der Waals surface area contributed by atoms with E-state index in [1.165, 1.54) is 22.3 Å². The highest BCUT2D eigenvalue weighted by molar-refractivity contribution is 6.31. The molecule has 0 spiro atoms. The Bertz CT molecular complexity index is 568. The molecule has 2 aromatic rings. The zero-order valence-corrected chi connectivity index (χ0v) is 12.2. The van der Waals surface area contributed by atoms with Crippen molar-refractivity contribution in [3.05, 3.63) is 58.1 Å². The molecular weight excluding hydrogens is 240 g/mol. The first-order valence-electron chi connectivity index (χ1n) is 6.36. The van der Waals surface area contributed by atoms with Crippen molar-refractivity contribution in [1.82, 2.24) is 0 Å². The normalized spacial score (nSPS) is 11.0. The summed E-state index contributed by atoms with van der Waals surface area (Å²) >= 11 is 6.10. The van der Waals surface area contributed by atoms with Gasteiger partial charge in [0.15, 0.2) is 0 Å². The zero-order chi connectivity index (χ0) is 13.3. The molecular formula is C17H19Cl. The van der Waals surface area contributed by atoms with Crippen LogP contribution in [0.25, 0.3) is 11.1 Å². The average molecular weight is 259 g/mol. The third kappa shape index (κ3) is 2.59. The maximum atomic E-state index is 6.10. The van der Waals surface area contributed by atoms with Gasteiger partial charge < -0.3 is 0 Å². The van der Waals surface area contributed by atoms with Crippen LogP contribution in [0.3, 0.4) is 0 Å². The third-order valence-corrected chi connectivity index (χ3v) is 3.72. The van der Waals surface area contributed by atoms with Crippen LogP contribution in [0, 0.1) is 13.8 Å². The summed E-state index contributed by atoms with van der Waals surface area (Å²) in [5.41, 5.74) is 6.39. The van der Waals surface area contributed by atoms with Gasteiger partial charge in [-0.1, -0.05) is 55.3 Å². The summed E-state index contributed by atoms with van der Waals surface area (Å²) < 4.78 is 0. The Morgan fingerprint density at radius 1 is 0.944 bits per heavy atom. The average Bonchev–Trinajstić information content (AvgIpc) is 2.32. The van der Waals surface area contributed by atoms with E-state index in [4.69, 9.17) is 11.6 Å². The highest BCUT2D eigenvalue weighted by Gasteiger charge is 2.09. The fourth-order valence-electron chi connectivity index (χ4n) is 2.24. The molecule has 1 heteroatoms. The van der Waals surface area contributed by atoms with Crippen LogP contribution in [0.4, 0.5) is 0 Å². The van der Waals surface area contributed by atoms with Crippen molar-refractivity contribution >= 4 is 11.6 Å². The van der Waals surface area contributed by atoms with Crippen LogP contribution in [0.5, 0.6) is 0 Å². The van der Waals surface area contributed by atoms with Gasteiger partial charge in [-0.25, -0.2) is 0 Å². The van der Waals surface area contributed by atoms with Crippen molar-refractivity contribution in [3.8, 4) is 11.1 Å². The minimum absolute atomic E-state index is 0.525. The van der Waals surface area contributed by atoms with Gasteiger partial charge in [0.1, 0.15) is 0 Å². The molecule has 0 unspecified atom stereocenters. The molecule has 94 valence electrons. The summed E-state index contributed by atoms with van der Waals surface area (Å²) in [6, 6.07) is 12.9. The van der Waals surface area contributed by atoms with E-state index in [-0.39, 0.29) is 0 Å². The quantitative estimate of drug-likeness (QED) is 0.644. The molecule has 0 radical (unpaired) electrons. The van der Waals surface area contributed by atoms with Crippen LogP contribution < -0.4 is 0 Å². The van der Waals surface area contributed by atoms with Crippen LogP contribution in [0.2, 0.25) is 5.02 Å². The third-order valence-electron chi connectivity index (χ3n) is 3.30. The van der Waals surface area contributed by atoms with E-state index in [1.54, 1.807) is 0 Å². The predicted molar refractivity (Wildman–Crippen MR) is 80.5 cm³/mol. The first-order valence-corrected chi connectivity index (χ1v) is 6.74. The Hall–Kier alpha value is -1.27. The lowest BCUT2D eigenvalue weighted by Crippen LogP contribution is -1.93. The number of benzene rings is 2. The van der Waals surface area contributed by atoms with E-state index in [0.717, 1.165) is 10.6 Å². The van der Waals surface area contributed by atoms with Crippen LogP contribution in [0.15, 0.2) is 36.4 Å². The first kappa shape index (κ1) is 13.2. The lowest BCUT2D eigenvalue weighted by molar-refractivity contribution is 0.868. The fraction of sp³-hybridized carbons (Fsp3) is 0.294. The van der Waals surface area contributed by atoms with Crippen molar-refractivity contribution in [2.45, 2.75) is 33.6 Å². The van der Waals surface area contributed by atoms with E-state index in [0.29, 0.717) is 5.92 Å². The van der Waals surface area contributed by atoms with Crippen molar-refractivity contribution in [1.29, 1.82) is 0 Å². The minimum atomic E-state index is 0.525. The molecule has 2 aromatic carbocycles. The van der Waals surface area contributed by atoms with E-state index in [2.05, 4.69) is 58.0 Å². The number of hydrogen-bond acceptors (Lipinski definition) is 0. The van der Waals surface area contributed by atoms with Gasteiger partial charge in [-0.2, -0.15) is 0 Å². The summed E-state index contributed by atoms with van der Waals surface area (Å²) in [5.74, 6) is 0.525. The summed E-state index contributed by atoms with van der Waals surface area (Å²) in [4.78, 5) is 0. The molecule has 2 rings (SSSR count). The molecule has 0 N–H and O–H groups in total. The topological polar surface area (TPSA) is 0 Å². The van der Waals surface area contributed by atoms with E-state index in [1.807, 2.05) is 6.07 Å². The molecule has 0 aliphatic heterocycles. The van der Waals surface area contributed by atoms with Gasteiger partial charge in [0.05, 0.1) is 0 Å². The second-order valence-electron chi connectivity index (χ2n) is 5.21. The van der Waals surface area contributed by atoms with Crippen molar-refractivity contribution in [2.24, 2.45) is 0 Å². The molecule has 0 saturated carbocycles. The maximum Gasteiger partial charge on any atom is 0.0435 e. The van der Waals surface area contributed by atoms with Gasteiger partial charge in [0.2, 0.25) is 0 Å². The first-order chi connectivity index (χ1) is 8.49. The number of hydrogen-bond donors (Lipinski definition) is 0. The molecule has 0 atom stereocenters. The molecule has 18 heavy (non-hydrogen) atoms. The SMILES string of the molecule is Cc1ccc(C(C)C)c(-c2ccc(Cl)c(C)c2)c1. The van der Waals surface area contributed by atoms with Crippen LogP contribution in [0.1, 0.15) is 36.5 Å². The van der Waals surface area contributed by atoms with Gasteiger partial charge in [-0.05, 0) is 54.2 Å². The highest BCUT2D eigenvalue weighted by Crippen LogP contribution is 2.32. The van der Waals surface area contributed by atoms with E-state index >= 15 is 0 Å². The molecule has 0 fully saturated rings. The number of halogens is 1. The van der Waals surface area contributed by atoms with Crippen LogP contribution >= 0.6 is 11.6 Å². The predicted octanol–water partition coefficient (Wildman–Crippen LogP) is 5.75. The van der Waals surface area contributed by atoms with Crippen LogP contribution in [-0.2, 0) is 0 Å². The zero-order valence-electron chi connectivity index (χ0n) is 11.4. The number of aryl methyl sites for hydroxylation is 2. The summed E-state index contributed by atoms with van der Waals surface area (Å²) in [7, 11) is 0. The molecule has 0 bridgehead atoms. The molecule has 0 amide bonds. The number of rotatable bonds is 2. The van der Waals surface area contributed by atoms with E-state index in [9.17, 15) is 0 Å². The maximum absolute atomic E-state index is 6.10. The van der Waals surface area contributed by atoms with Crippen molar-refractivity contribution < 1.29 is 0 Å². The Labute approximate surface area is 115 Å². The highest BCUT2D eigenvalue weighted by atomic mass is 35.5. The molecule has 0 heterocycles. The summed E-state index contributed by atoms with van der Waals surface area (Å²) in [6.07, 6.45) is 0. The monoisotopic (exact) mass is 258 g/mol. The summed E-state index contributed by atoms with van der Waals surface area (Å²) in [5, 5.41) is 0.831. The summed E-state index contributed by atoms with van der Waals surface area (Å²) in [6.45, 7) is 8.65. The van der Waals surface area contributed by atoms with Gasteiger partial charge in [0, 0.05) is 5.02 Å². The minimum Gasteiger partial charge on any atom is -0.0841 e. The Kier molecular flexibility index (Phi) is 3.77. The Morgan fingerprint density at radius 2 is 1.67 bits per heavy atom. The Morgan fingerprint density at radius 3 is 2.28 bits per heavy atom. The van der Waals surface area contributed by atoms with Gasteiger partial charge in [-0.3, -0.25) is 0 Å². The van der Waals surface area contributed by atoms with Crippen molar-refractivity contribution in [3.63, 3.8) is 0 Å². The molecule has 0 aromatic heterocycles. The van der Waals surface area contributed by atoms with E-state index < -0.39 is 0 Å². The Balaban J connectivity index is 2.61. The molecule has 0 aliphatic rings. The van der Waals surface area contributed by atoms with Gasteiger partial charge >= 0.3 is 0 Å². The molecule has 0 aliphatic carbocycles. The lowest BCUT2D eigenvalue weighted by atomic mass is 9.91. The van der Waals surface area contributed by atoms with Crippen molar-refractivity contribution in [2.75, 3.05) is 0 Å². The van der Waals surface area contributed by atoms with Crippen LogP contribution in [-0.4, -0.2) is 0 Å². The standard InChI is InChI=1S/C17H19Cl/c1-11(2)15-7-5-12(3)9-16(15)14-6-8-17(18)13(4)10-14/h5-11H,1-4H3. The van der Waals surface area contributed by atoms with Gasteiger partial charge in [-0.15, -0.1) is 0 Å². The second kappa shape index (κ2) is 5.16.